The Hall–Kier alpha value is -2.09. The third kappa shape index (κ3) is 4.95. The normalized spacial score (nSPS) is 19.1. The molecule has 0 radical (unpaired) electrons. The SMILES string of the molecule is CCOc1ccccc1C(=O)OCC(=O)N[C@H]1CCS(=O)(=O)C1. The number of carbonyl (C=O) groups excluding carboxylic acids is 2. The Morgan fingerprint density at radius 2 is 2.04 bits per heavy atom. The van der Waals surface area contributed by atoms with E-state index in [4.69, 9.17) is 9.47 Å². The van der Waals surface area contributed by atoms with Crippen molar-refractivity contribution >= 4 is 21.7 Å². The molecule has 0 saturated carbocycles. The summed E-state index contributed by atoms with van der Waals surface area (Å²) in [5.41, 5.74) is 0.241. The van der Waals surface area contributed by atoms with Crippen LogP contribution in [0.15, 0.2) is 24.3 Å². The van der Waals surface area contributed by atoms with Crippen molar-refractivity contribution in [2.75, 3.05) is 24.7 Å². The van der Waals surface area contributed by atoms with Crippen LogP contribution < -0.4 is 10.1 Å². The van der Waals surface area contributed by atoms with Crippen LogP contribution in [0.2, 0.25) is 0 Å². The fourth-order valence-electron chi connectivity index (χ4n) is 2.30. The highest BCUT2D eigenvalue weighted by atomic mass is 32.2. The van der Waals surface area contributed by atoms with E-state index in [-0.39, 0.29) is 17.1 Å². The summed E-state index contributed by atoms with van der Waals surface area (Å²) < 4.78 is 32.9. The van der Waals surface area contributed by atoms with Crippen molar-refractivity contribution in [3.8, 4) is 5.75 Å². The van der Waals surface area contributed by atoms with Gasteiger partial charge in [-0.2, -0.15) is 0 Å². The number of sulfone groups is 1. The minimum absolute atomic E-state index is 0.0689. The molecule has 1 N–H and O–H groups in total. The maximum atomic E-state index is 12.0. The molecule has 2 rings (SSSR count). The molecular formula is C15H19NO6S. The first kappa shape index (κ1) is 17.3. The largest absolute Gasteiger partial charge is 0.493 e. The number of carbonyl (C=O) groups is 2. The number of benzene rings is 1. The van der Waals surface area contributed by atoms with E-state index in [0.29, 0.717) is 18.8 Å². The summed E-state index contributed by atoms with van der Waals surface area (Å²) in [6.45, 7) is 1.74. The summed E-state index contributed by atoms with van der Waals surface area (Å²) >= 11 is 0. The van der Waals surface area contributed by atoms with Crippen LogP contribution in [0.4, 0.5) is 0 Å². The summed E-state index contributed by atoms with van der Waals surface area (Å²) in [4.78, 5) is 23.7. The van der Waals surface area contributed by atoms with E-state index in [1.807, 2.05) is 0 Å². The maximum Gasteiger partial charge on any atom is 0.342 e. The number of esters is 1. The van der Waals surface area contributed by atoms with Gasteiger partial charge in [0.05, 0.1) is 18.1 Å². The van der Waals surface area contributed by atoms with Crippen LogP contribution in [0.25, 0.3) is 0 Å². The molecule has 1 aliphatic heterocycles. The molecule has 8 heteroatoms. The molecule has 23 heavy (non-hydrogen) atoms. The molecule has 1 atom stereocenters. The lowest BCUT2D eigenvalue weighted by atomic mass is 10.2. The summed E-state index contributed by atoms with van der Waals surface area (Å²) in [7, 11) is -3.07. The molecule has 0 unspecified atom stereocenters. The second-order valence-electron chi connectivity index (χ2n) is 5.17. The van der Waals surface area contributed by atoms with Crippen LogP contribution in [0.1, 0.15) is 23.7 Å². The number of nitrogens with one attached hydrogen (secondary N) is 1. The highest BCUT2D eigenvalue weighted by Crippen LogP contribution is 2.18. The van der Waals surface area contributed by atoms with Gasteiger partial charge in [0.15, 0.2) is 16.4 Å². The lowest BCUT2D eigenvalue weighted by Gasteiger charge is -2.12. The molecule has 0 aliphatic carbocycles. The fraction of sp³-hybridized carbons (Fsp3) is 0.467. The first-order valence-electron chi connectivity index (χ1n) is 7.30. The topological polar surface area (TPSA) is 98.8 Å². The van der Waals surface area contributed by atoms with E-state index in [1.165, 1.54) is 0 Å². The van der Waals surface area contributed by atoms with Crippen LogP contribution in [0, 0.1) is 0 Å². The van der Waals surface area contributed by atoms with Crippen LogP contribution in [-0.2, 0) is 19.4 Å². The standard InChI is InChI=1S/C15H19NO6S/c1-2-21-13-6-4-3-5-12(13)15(18)22-9-14(17)16-11-7-8-23(19,20)10-11/h3-6,11H,2,7-10H2,1H3,(H,16,17)/t11-/m0/s1. The van der Waals surface area contributed by atoms with E-state index in [9.17, 15) is 18.0 Å². The third-order valence-electron chi connectivity index (χ3n) is 3.34. The van der Waals surface area contributed by atoms with Gasteiger partial charge in [-0.05, 0) is 25.5 Å². The molecule has 1 saturated heterocycles. The second kappa shape index (κ2) is 7.45. The first-order chi connectivity index (χ1) is 10.9. The molecule has 1 aliphatic rings. The Bertz CT molecular complexity index is 685. The fourth-order valence-corrected chi connectivity index (χ4v) is 3.98. The van der Waals surface area contributed by atoms with Crippen molar-refractivity contribution in [2.45, 2.75) is 19.4 Å². The molecule has 0 bridgehead atoms. The summed E-state index contributed by atoms with van der Waals surface area (Å²) in [6.07, 6.45) is 0.384. The second-order valence-corrected chi connectivity index (χ2v) is 7.40. The van der Waals surface area contributed by atoms with Crippen molar-refractivity contribution in [3.63, 3.8) is 0 Å². The highest BCUT2D eigenvalue weighted by molar-refractivity contribution is 7.91. The Morgan fingerprint density at radius 3 is 2.70 bits per heavy atom. The van der Waals surface area contributed by atoms with Gasteiger partial charge < -0.3 is 14.8 Å². The average molecular weight is 341 g/mol. The van der Waals surface area contributed by atoms with Crippen molar-refractivity contribution in [2.24, 2.45) is 0 Å². The third-order valence-corrected chi connectivity index (χ3v) is 5.11. The van der Waals surface area contributed by atoms with Crippen molar-refractivity contribution < 1.29 is 27.5 Å². The van der Waals surface area contributed by atoms with Crippen LogP contribution >= 0.6 is 0 Å². The predicted octanol–water partition coefficient (Wildman–Crippen LogP) is 0.545. The molecular weight excluding hydrogens is 322 g/mol. The monoisotopic (exact) mass is 341 g/mol. The molecule has 1 fully saturated rings. The Balaban J connectivity index is 1.86. The zero-order valence-corrected chi connectivity index (χ0v) is 13.6. The van der Waals surface area contributed by atoms with Gasteiger partial charge in [0, 0.05) is 6.04 Å². The zero-order chi connectivity index (χ0) is 16.9. The summed E-state index contributed by atoms with van der Waals surface area (Å²) in [5.74, 6) is -0.792. The molecule has 1 aromatic carbocycles. The number of rotatable bonds is 6. The number of amides is 1. The Kier molecular flexibility index (Phi) is 5.59. The Labute approximate surface area is 134 Å². The maximum absolute atomic E-state index is 12.0. The number of para-hydroxylation sites is 1. The molecule has 1 aromatic rings. The van der Waals surface area contributed by atoms with Gasteiger partial charge in [0.2, 0.25) is 0 Å². The minimum Gasteiger partial charge on any atom is -0.493 e. The van der Waals surface area contributed by atoms with Gasteiger partial charge in [-0.3, -0.25) is 4.79 Å². The van der Waals surface area contributed by atoms with Gasteiger partial charge in [0.25, 0.3) is 5.91 Å². The molecule has 1 amide bonds. The Morgan fingerprint density at radius 1 is 1.30 bits per heavy atom. The van der Waals surface area contributed by atoms with Crippen LogP contribution in [0.3, 0.4) is 0 Å². The lowest BCUT2D eigenvalue weighted by molar-refractivity contribution is -0.124. The van der Waals surface area contributed by atoms with E-state index in [0.717, 1.165) is 0 Å². The van der Waals surface area contributed by atoms with E-state index < -0.39 is 34.4 Å². The van der Waals surface area contributed by atoms with Crippen LogP contribution in [0.5, 0.6) is 5.75 Å². The van der Waals surface area contributed by atoms with Crippen molar-refractivity contribution in [3.05, 3.63) is 29.8 Å². The smallest absolute Gasteiger partial charge is 0.342 e. The van der Waals surface area contributed by atoms with Crippen LogP contribution in [-0.4, -0.2) is 51.1 Å². The molecule has 126 valence electrons. The summed E-state index contributed by atoms with van der Waals surface area (Å²) in [6, 6.07) is 6.18. The predicted molar refractivity (Wildman–Crippen MR) is 83.1 cm³/mol. The van der Waals surface area contributed by atoms with Gasteiger partial charge in [-0.15, -0.1) is 0 Å². The van der Waals surface area contributed by atoms with E-state index >= 15 is 0 Å². The van der Waals surface area contributed by atoms with Crippen molar-refractivity contribution in [1.29, 1.82) is 0 Å². The minimum atomic E-state index is -3.07. The van der Waals surface area contributed by atoms with E-state index in [1.54, 1.807) is 31.2 Å². The zero-order valence-electron chi connectivity index (χ0n) is 12.8. The van der Waals surface area contributed by atoms with Gasteiger partial charge in [-0.25, -0.2) is 13.2 Å². The lowest BCUT2D eigenvalue weighted by Crippen LogP contribution is -2.38. The van der Waals surface area contributed by atoms with Gasteiger partial charge in [0.1, 0.15) is 11.3 Å². The molecule has 1 heterocycles. The number of hydrogen-bond donors (Lipinski definition) is 1. The molecule has 0 aromatic heterocycles. The van der Waals surface area contributed by atoms with Gasteiger partial charge >= 0.3 is 5.97 Å². The molecule has 7 nitrogen and oxygen atoms in total. The number of ether oxygens (including phenoxy) is 2. The number of hydrogen-bond acceptors (Lipinski definition) is 6. The van der Waals surface area contributed by atoms with E-state index in [2.05, 4.69) is 5.32 Å². The van der Waals surface area contributed by atoms with Gasteiger partial charge in [-0.1, -0.05) is 12.1 Å². The molecule has 0 spiro atoms. The summed E-state index contributed by atoms with van der Waals surface area (Å²) in [5, 5.41) is 2.55. The average Bonchev–Trinajstić information content (AvgIpc) is 2.84. The highest BCUT2D eigenvalue weighted by Gasteiger charge is 2.29. The van der Waals surface area contributed by atoms with Crippen molar-refractivity contribution in [1.82, 2.24) is 5.32 Å². The quantitative estimate of drug-likeness (QED) is 0.759. The first-order valence-corrected chi connectivity index (χ1v) is 9.12.